The van der Waals surface area contributed by atoms with Gasteiger partial charge in [0.2, 0.25) is 0 Å². The van der Waals surface area contributed by atoms with Crippen LogP contribution in [0.2, 0.25) is 0 Å². The van der Waals surface area contributed by atoms with Gasteiger partial charge in [-0.05, 0) is 57.4 Å². The zero-order chi connectivity index (χ0) is 20.4. The van der Waals surface area contributed by atoms with Crippen LogP contribution in [-0.2, 0) is 4.79 Å². The molecule has 0 atom stereocenters. The summed E-state index contributed by atoms with van der Waals surface area (Å²) in [6.07, 6.45) is 4.37. The number of carbonyl (C=O) groups is 1. The third-order valence-electron chi connectivity index (χ3n) is 5.38. The molecular formula is C23H30N2O2. The number of methoxy groups -OCH3 is 1. The largest absolute Gasteiger partial charge is 0.496 e. The molecule has 0 N–H and O–H groups in total. The van der Waals surface area contributed by atoms with Crippen molar-refractivity contribution in [2.75, 3.05) is 7.11 Å². The normalized spacial score (nSPS) is 12.2. The molecule has 0 saturated carbocycles. The van der Waals surface area contributed by atoms with Gasteiger partial charge in [-0.1, -0.05) is 26.8 Å². The monoisotopic (exact) mass is 366 g/mol. The van der Waals surface area contributed by atoms with Gasteiger partial charge in [0.15, 0.2) is 5.78 Å². The maximum absolute atomic E-state index is 13.1. The highest BCUT2D eigenvalue weighted by atomic mass is 16.5. The van der Waals surface area contributed by atoms with Crippen molar-refractivity contribution >= 4 is 11.4 Å². The highest BCUT2D eigenvalue weighted by Crippen LogP contribution is 2.32. The van der Waals surface area contributed by atoms with Gasteiger partial charge in [0.05, 0.1) is 30.4 Å². The number of carbonyl (C=O) groups excluding carboxylic acids is 1. The number of hydrogen-bond acceptors (Lipinski definition) is 4. The maximum atomic E-state index is 13.1. The van der Waals surface area contributed by atoms with Crippen molar-refractivity contribution in [3.63, 3.8) is 0 Å². The van der Waals surface area contributed by atoms with Gasteiger partial charge < -0.3 is 4.74 Å². The van der Waals surface area contributed by atoms with Gasteiger partial charge in [-0.15, -0.1) is 0 Å². The fourth-order valence-corrected chi connectivity index (χ4v) is 2.93. The van der Waals surface area contributed by atoms with Crippen molar-refractivity contribution in [3.8, 4) is 17.0 Å². The molecule has 0 aliphatic rings. The number of aryl methyl sites for hydroxylation is 2. The van der Waals surface area contributed by atoms with Crippen LogP contribution in [0.1, 0.15) is 56.6 Å². The number of ketones is 1. The van der Waals surface area contributed by atoms with E-state index in [9.17, 15) is 4.79 Å². The second-order valence-electron chi connectivity index (χ2n) is 7.58. The Morgan fingerprint density at radius 3 is 2.44 bits per heavy atom. The number of nitrogens with zero attached hydrogens (tertiary/aromatic N) is 2. The number of benzene rings is 1. The third kappa shape index (κ3) is 4.10. The summed E-state index contributed by atoms with van der Waals surface area (Å²) in [4.78, 5) is 22.4. The lowest BCUT2D eigenvalue weighted by molar-refractivity contribution is -0.121. The minimum atomic E-state index is -0.435. The molecule has 0 aliphatic heterocycles. The van der Waals surface area contributed by atoms with E-state index in [1.807, 2.05) is 53.7 Å². The number of aromatic nitrogens is 2. The van der Waals surface area contributed by atoms with Gasteiger partial charge in [-0.3, -0.25) is 9.78 Å². The van der Waals surface area contributed by atoms with Crippen LogP contribution in [0.5, 0.6) is 5.75 Å². The third-order valence-corrected chi connectivity index (χ3v) is 5.38. The minimum Gasteiger partial charge on any atom is -0.496 e. The average Bonchev–Trinajstić information content (AvgIpc) is 2.65. The van der Waals surface area contributed by atoms with E-state index in [0.717, 1.165) is 40.2 Å². The second kappa shape index (κ2) is 8.03. The zero-order valence-electron chi connectivity index (χ0n) is 17.7. The van der Waals surface area contributed by atoms with Crippen LogP contribution in [0.25, 0.3) is 16.8 Å². The summed E-state index contributed by atoms with van der Waals surface area (Å²) in [6, 6.07) is 4.05. The van der Waals surface area contributed by atoms with Crippen LogP contribution in [-0.4, -0.2) is 22.9 Å². The molecule has 2 rings (SSSR count). The van der Waals surface area contributed by atoms with E-state index in [-0.39, 0.29) is 5.78 Å². The number of rotatable bonds is 6. The van der Waals surface area contributed by atoms with Crippen molar-refractivity contribution in [2.45, 2.75) is 54.9 Å². The molecule has 4 nitrogen and oxygen atoms in total. The van der Waals surface area contributed by atoms with Gasteiger partial charge in [-0.2, -0.15) is 0 Å². The number of Topliss-reactive ketones (excluding diaryl/α,β-unsaturated/α-hetero) is 1. The Labute approximate surface area is 162 Å². The molecule has 0 unspecified atom stereocenters. The van der Waals surface area contributed by atoms with Crippen LogP contribution in [0.3, 0.4) is 0 Å². The van der Waals surface area contributed by atoms with Crippen LogP contribution < -0.4 is 4.74 Å². The molecule has 1 aromatic carbocycles. The van der Waals surface area contributed by atoms with E-state index < -0.39 is 5.41 Å². The Morgan fingerprint density at radius 1 is 1.22 bits per heavy atom. The summed E-state index contributed by atoms with van der Waals surface area (Å²) in [7, 11) is 1.67. The molecule has 144 valence electrons. The highest BCUT2D eigenvalue weighted by molar-refractivity contribution is 6.22. The fraction of sp³-hybridized carbons (Fsp3) is 0.435. The summed E-state index contributed by atoms with van der Waals surface area (Å²) in [5.74, 6) is 0.920. The second-order valence-corrected chi connectivity index (χ2v) is 7.58. The van der Waals surface area contributed by atoms with Crippen LogP contribution in [0.15, 0.2) is 24.4 Å². The molecule has 1 aromatic heterocycles. The summed E-state index contributed by atoms with van der Waals surface area (Å²) in [6.45, 7) is 13.8. The van der Waals surface area contributed by atoms with Gasteiger partial charge in [0, 0.05) is 16.6 Å². The SMILES string of the molecule is C/C=C(/C(=O)C(C)(C)CC)c1nc(-c2cc(C)c(C)c(OC)c2)cnc1C. The molecule has 2 aromatic rings. The molecular weight excluding hydrogens is 336 g/mol. The lowest BCUT2D eigenvalue weighted by atomic mass is 9.80. The van der Waals surface area contributed by atoms with Crippen LogP contribution >= 0.6 is 0 Å². The minimum absolute atomic E-state index is 0.0970. The Morgan fingerprint density at radius 2 is 1.89 bits per heavy atom. The Balaban J connectivity index is 2.60. The first-order valence-corrected chi connectivity index (χ1v) is 9.37. The topological polar surface area (TPSA) is 52.1 Å². The van der Waals surface area contributed by atoms with E-state index in [4.69, 9.17) is 9.72 Å². The Bertz CT molecular complexity index is 895. The number of allylic oxidation sites excluding steroid dienone is 2. The van der Waals surface area contributed by atoms with E-state index in [1.165, 1.54) is 0 Å². The molecule has 1 heterocycles. The molecule has 0 amide bonds. The Hall–Kier alpha value is -2.49. The van der Waals surface area contributed by atoms with Gasteiger partial charge in [0.1, 0.15) is 5.75 Å². The van der Waals surface area contributed by atoms with Crippen molar-refractivity contribution in [1.82, 2.24) is 9.97 Å². The van der Waals surface area contributed by atoms with Crippen molar-refractivity contribution in [3.05, 3.63) is 46.9 Å². The Kier molecular flexibility index (Phi) is 6.19. The predicted octanol–water partition coefficient (Wildman–Crippen LogP) is 5.49. The molecule has 27 heavy (non-hydrogen) atoms. The molecule has 0 bridgehead atoms. The number of ether oxygens (including phenoxy) is 1. The summed E-state index contributed by atoms with van der Waals surface area (Å²) in [5.41, 5.74) is 5.50. The molecule has 4 heteroatoms. The summed E-state index contributed by atoms with van der Waals surface area (Å²) < 4.78 is 5.49. The predicted molar refractivity (Wildman–Crippen MR) is 111 cm³/mol. The lowest BCUT2D eigenvalue weighted by Crippen LogP contribution is -2.25. The number of hydrogen-bond donors (Lipinski definition) is 0. The smallest absolute Gasteiger partial charge is 0.170 e. The molecule has 0 spiro atoms. The standard InChI is InChI=1S/C23H30N2O2/c1-9-18(22(26)23(6,7)10-2)21-16(5)24-13-19(25-21)17-11-14(3)15(4)20(12-17)27-8/h9,11-13H,10H2,1-8H3/b18-9+. The first kappa shape index (κ1) is 20.8. The zero-order valence-corrected chi connectivity index (χ0v) is 17.7. The molecule has 0 fully saturated rings. The van der Waals surface area contributed by atoms with Crippen LogP contribution in [0.4, 0.5) is 0 Å². The van der Waals surface area contributed by atoms with Crippen molar-refractivity contribution < 1.29 is 9.53 Å². The summed E-state index contributed by atoms with van der Waals surface area (Å²) in [5, 5.41) is 0. The van der Waals surface area contributed by atoms with Gasteiger partial charge >= 0.3 is 0 Å². The first-order chi connectivity index (χ1) is 12.7. The lowest BCUT2D eigenvalue weighted by Gasteiger charge is -2.23. The first-order valence-electron chi connectivity index (χ1n) is 9.37. The van der Waals surface area contributed by atoms with E-state index in [1.54, 1.807) is 13.3 Å². The van der Waals surface area contributed by atoms with E-state index in [2.05, 4.69) is 18.0 Å². The summed E-state index contributed by atoms with van der Waals surface area (Å²) >= 11 is 0. The van der Waals surface area contributed by atoms with Crippen LogP contribution in [0, 0.1) is 26.2 Å². The molecule has 0 radical (unpaired) electrons. The van der Waals surface area contributed by atoms with E-state index in [0.29, 0.717) is 11.3 Å². The van der Waals surface area contributed by atoms with E-state index >= 15 is 0 Å². The quantitative estimate of drug-likeness (QED) is 0.635. The molecule has 0 saturated heterocycles. The van der Waals surface area contributed by atoms with Gasteiger partial charge in [-0.25, -0.2) is 4.98 Å². The molecule has 0 aliphatic carbocycles. The average molecular weight is 367 g/mol. The van der Waals surface area contributed by atoms with Crippen molar-refractivity contribution in [1.29, 1.82) is 0 Å². The highest BCUT2D eigenvalue weighted by Gasteiger charge is 2.30. The fourth-order valence-electron chi connectivity index (χ4n) is 2.93. The van der Waals surface area contributed by atoms with Gasteiger partial charge in [0.25, 0.3) is 0 Å². The van der Waals surface area contributed by atoms with Crippen molar-refractivity contribution in [2.24, 2.45) is 5.41 Å². The maximum Gasteiger partial charge on any atom is 0.170 e.